The van der Waals surface area contributed by atoms with Gasteiger partial charge in [0.15, 0.2) is 0 Å². The molecule has 2 rings (SSSR count). The van der Waals surface area contributed by atoms with Crippen LogP contribution in [0.15, 0.2) is 18.2 Å². The van der Waals surface area contributed by atoms with Crippen molar-refractivity contribution < 1.29 is 24.2 Å². The Morgan fingerprint density at radius 3 is 2.95 bits per heavy atom. The Balaban J connectivity index is 2.23. The Morgan fingerprint density at radius 2 is 2.27 bits per heavy atom. The van der Waals surface area contributed by atoms with Gasteiger partial charge in [0.05, 0.1) is 19.1 Å². The van der Waals surface area contributed by atoms with Gasteiger partial charge in [-0.2, -0.15) is 0 Å². The van der Waals surface area contributed by atoms with Crippen molar-refractivity contribution >= 4 is 23.5 Å². The van der Waals surface area contributed by atoms with Crippen molar-refractivity contribution in [3.63, 3.8) is 0 Å². The Morgan fingerprint density at radius 1 is 1.50 bits per heavy atom. The maximum absolute atomic E-state index is 12.7. The highest BCUT2D eigenvalue weighted by atomic mass is 35.5. The number of fused-ring (bicyclic) bond motifs is 1. The van der Waals surface area contributed by atoms with E-state index in [1.165, 1.54) is 12.0 Å². The zero-order valence-corrected chi connectivity index (χ0v) is 13.0. The number of amides is 1. The van der Waals surface area contributed by atoms with E-state index in [4.69, 9.17) is 26.2 Å². The molecular formula is C15H18ClNO5. The average molecular weight is 328 g/mol. The normalized spacial score (nSPS) is 16.5. The molecular weight excluding hydrogens is 310 g/mol. The SMILES string of the molecule is COCCN(CC(=O)O)C(=O)C1CCOc2ccc(Cl)cc21. The number of carboxylic acids is 1. The van der Waals surface area contributed by atoms with Crippen LogP contribution in [0.1, 0.15) is 17.9 Å². The summed E-state index contributed by atoms with van der Waals surface area (Å²) in [6, 6.07) is 5.13. The smallest absolute Gasteiger partial charge is 0.323 e. The second-order valence-electron chi connectivity index (χ2n) is 5.02. The third-order valence-corrected chi connectivity index (χ3v) is 3.75. The molecule has 0 fully saturated rings. The first-order valence-electron chi connectivity index (χ1n) is 6.94. The number of rotatable bonds is 6. The van der Waals surface area contributed by atoms with Gasteiger partial charge in [0, 0.05) is 24.2 Å². The van der Waals surface area contributed by atoms with Crippen LogP contribution in [-0.4, -0.2) is 55.3 Å². The topological polar surface area (TPSA) is 76.1 Å². The van der Waals surface area contributed by atoms with E-state index in [1.54, 1.807) is 18.2 Å². The molecule has 6 nitrogen and oxygen atoms in total. The summed E-state index contributed by atoms with van der Waals surface area (Å²) in [6.07, 6.45) is 0.495. The molecule has 120 valence electrons. The molecule has 1 heterocycles. The minimum Gasteiger partial charge on any atom is -0.493 e. The second kappa shape index (κ2) is 7.47. The van der Waals surface area contributed by atoms with Crippen LogP contribution in [0.25, 0.3) is 0 Å². The highest BCUT2D eigenvalue weighted by Gasteiger charge is 2.32. The molecule has 1 amide bonds. The summed E-state index contributed by atoms with van der Waals surface area (Å²) in [5.41, 5.74) is 0.705. The molecule has 22 heavy (non-hydrogen) atoms. The van der Waals surface area contributed by atoms with Crippen LogP contribution in [0.3, 0.4) is 0 Å². The highest BCUT2D eigenvalue weighted by molar-refractivity contribution is 6.30. The minimum absolute atomic E-state index is 0.231. The van der Waals surface area contributed by atoms with E-state index in [9.17, 15) is 9.59 Å². The second-order valence-corrected chi connectivity index (χ2v) is 5.45. The Kier molecular flexibility index (Phi) is 5.63. The van der Waals surface area contributed by atoms with Gasteiger partial charge in [-0.3, -0.25) is 9.59 Å². The third-order valence-electron chi connectivity index (χ3n) is 3.51. The van der Waals surface area contributed by atoms with Crippen molar-refractivity contribution in [2.45, 2.75) is 12.3 Å². The number of hydrogen-bond acceptors (Lipinski definition) is 4. The van der Waals surface area contributed by atoms with Crippen LogP contribution in [0, 0.1) is 0 Å². The summed E-state index contributed by atoms with van der Waals surface area (Å²) < 4.78 is 10.5. The standard InChI is InChI=1S/C15H18ClNO5/c1-21-7-5-17(9-14(18)19)15(20)11-4-6-22-13-3-2-10(16)8-12(11)13/h2-3,8,11H,4-7,9H2,1H3,(H,18,19). The number of ether oxygens (including phenoxy) is 2. The number of carboxylic acid groups (broad SMARTS) is 1. The molecule has 0 bridgehead atoms. The fourth-order valence-corrected chi connectivity index (χ4v) is 2.65. The van der Waals surface area contributed by atoms with Crippen molar-refractivity contribution in [2.75, 3.05) is 33.4 Å². The number of carbonyl (C=O) groups excluding carboxylic acids is 1. The van der Waals surface area contributed by atoms with Crippen molar-refractivity contribution in [3.05, 3.63) is 28.8 Å². The first-order valence-corrected chi connectivity index (χ1v) is 7.32. The van der Waals surface area contributed by atoms with E-state index in [2.05, 4.69) is 0 Å². The van der Waals surface area contributed by atoms with Gasteiger partial charge in [-0.1, -0.05) is 11.6 Å². The lowest BCUT2D eigenvalue weighted by Gasteiger charge is -2.30. The number of nitrogens with zero attached hydrogens (tertiary/aromatic N) is 1. The molecule has 7 heteroatoms. The quantitative estimate of drug-likeness (QED) is 0.861. The van der Waals surface area contributed by atoms with Gasteiger partial charge in [0.25, 0.3) is 0 Å². The molecule has 1 aromatic rings. The van der Waals surface area contributed by atoms with Crippen molar-refractivity contribution in [1.29, 1.82) is 0 Å². The number of carbonyl (C=O) groups is 2. The van der Waals surface area contributed by atoms with Crippen molar-refractivity contribution in [1.82, 2.24) is 4.90 Å². The maximum Gasteiger partial charge on any atom is 0.323 e. The number of hydrogen-bond donors (Lipinski definition) is 1. The summed E-state index contributed by atoms with van der Waals surface area (Å²) in [4.78, 5) is 25.0. The molecule has 1 aliphatic rings. The van der Waals surface area contributed by atoms with E-state index in [0.29, 0.717) is 29.4 Å². The summed E-state index contributed by atoms with van der Waals surface area (Å²) in [5.74, 6) is -1.12. The first-order chi connectivity index (χ1) is 10.5. The predicted octanol–water partition coefficient (Wildman–Crippen LogP) is 1.77. The van der Waals surface area contributed by atoms with Gasteiger partial charge in [-0.25, -0.2) is 0 Å². The van der Waals surface area contributed by atoms with Gasteiger partial charge in [0.2, 0.25) is 5.91 Å². The van der Waals surface area contributed by atoms with E-state index in [-0.39, 0.29) is 25.6 Å². The van der Waals surface area contributed by atoms with Crippen LogP contribution >= 0.6 is 11.6 Å². The zero-order valence-electron chi connectivity index (χ0n) is 12.3. The molecule has 0 aromatic heterocycles. The predicted molar refractivity (Wildman–Crippen MR) is 80.4 cm³/mol. The molecule has 0 saturated heterocycles. The lowest BCUT2D eigenvalue weighted by Crippen LogP contribution is -2.41. The lowest BCUT2D eigenvalue weighted by atomic mass is 9.91. The molecule has 0 aliphatic carbocycles. The fourth-order valence-electron chi connectivity index (χ4n) is 2.47. The molecule has 1 aliphatic heterocycles. The number of methoxy groups -OCH3 is 1. The van der Waals surface area contributed by atoms with E-state index >= 15 is 0 Å². The number of aliphatic carboxylic acids is 1. The van der Waals surface area contributed by atoms with Crippen LogP contribution in [0.4, 0.5) is 0 Å². The molecule has 0 radical (unpaired) electrons. The van der Waals surface area contributed by atoms with Gasteiger partial charge >= 0.3 is 5.97 Å². The first kappa shape index (κ1) is 16.6. The minimum atomic E-state index is -1.05. The van der Waals surface area contributed by atoms with Gasteiger partial charge in [-0.05, 0) is 24.6 Å². The monoisotopic (exact) mass is 327 g/mol. The Bertz CT molecular complexity index is 563. The molecule has 1 atom stereocenters. The fraction of sp³-hybridized carbons (Fsp3) is 0.467. The maximum atomic E-state index is 12.7. The molecule has 1 unspecified atom stereocenters. The van der Waals surface area contributed by atoms with Crippen molar-refractivity contribution in [2.24, 2.45) is 0 Å². The largest absolute Gasteiger partial charge is 0.493 e. The third kappa shape index (κ3) is 3.90. The summed E-state index contributed by atoms with van der Waals surface area (Å²) in [7, 11) is 1.51. The van der Waals surface area contributed by atoms with Crippen LogP contribution in [-0.2, 0) is 14.3 Å². The van der Waals surface area contributed by atoms with Crippen LogP contribution in [0.5, 0.6) is 5.75 Å². The zero-order chi connectivity index (χ0) is 16.1. The van der Waals surface area contributed by atoms with E-state index in [0.717, 1.165) is 0 Å². The molecule has 0 spiro atoms. The average Bonchev–Trinajstić information content (AvgIpc) is 2.49. The summed E-state index contributed by atoms with van der Waals surface area (Å²) in [5, 5.41) is 9.51. The van der Waals surface area contributed by atoms with Crippen molar-refractivity contribution in [3.8, 4) is 5.75 Å². The van der Waals surface area contributed by atoms with Gasteiger partial charge in [-0.15, -0.1) is 0 Å². The van der Waals surface area contributed by atoms with Crippen LogP contribution in [0.2, 0.25) is 5.02 Å². The molecule has 1 aromatic carbocycles. The lowest BCUT2D eigenvalue weighted by molar-refractivity contribution is -0.145. The van der Waals surface area contributed by atoms with E-state index in [1.807, 2.05) is 0 Å². The molecule has 0 saturated carbocycles. The summed E-state index contributed by atoms with van der Waals surface area (Å²) >= 11 is 6.00. The van der Waals surface area contributed by atoms with Gasteiger partial charge < -0.3 is 19.5 Å². The van der Waals surface area contributed by atoms with Crippen LogP contribution < -0.4 is 4.74 Å². The number of benzene rings is 1. The number of halogens is 1. The summed E-state index contributed by atoms with van der Waals surface area (Å²) in [6.45, 7) is 0.575. The van der Waals surface area contributed by atoms with Gasteiger partial charge in [0.1, 0.15) is 12.3 Å². The molecule has 1 N–H and O–H groups in total. The Hall–Kier alpha value is -1.79. The van der Waals surface area contributed by atoms with E-state index < -0.39 is 11.9 Å². The highest BCUT2D eigenvalue weighted by Crippen LogP contribution is 2.36. The Labute approximate surface area is 133 Å².